The van der Waals surface area contributed by atoms with E-state index in [4.69, 9.17) is 0 Å². The van der Waals surface area contributed by atoms with Gasteiger partial charge in [-0.15, -0.1) is 11.3 Å². The quantitative estimate of drug-likeness (QED) is 0.560. The summed E-state index contributed by atoms with van der Waals surface area (Å²) in [5, 5.41) is 0. The lowest BCUT2D eigenvalue weighted by atomic mass is 10.3. The lowest BCUT2D eigenvalue weighted by Crippen LogP contribution is -1.66. The van der Waals surface area contributed by atoms with Crippen LogP contribution in [0.5, 0.6) is 0 Å². The van der Waals surface area contributed by atoms with Crippen LogP contribution in [0.2, 0.25) is 0 Å². The van der Waals surface area contributed by atoms with Crippen LogP contribution in [0.4, 0.5) is 0 Å². The van der Waals surface area contributed by atoms with Crippen LogP contribution in [-0.2, 0) is 0 Å². The van der Waals surface area contributed by atoms with Gasteiger partial charge in [0.05, 0.1) is 15.7 Å². The normalized spacial score (nSPS) is 8.24. The van der Waals surface area contributed by atoms with Crippen molar-refractivity contribution in [1.29, 1.82) is 0 Å². The molecule has 0 atom stereocenters. The standard InChI is InChI=1S/C7H5NS.C4H10.2C2H6/c1-2-4-7-6(3-1)8-5-9-7;1-4(2)3;2*1-2/h1-5H;4H,1-3H3;2*1-2H3. The third kappa shape index (κ3) is 10.0. The molecule has 0 bridgehead atoms. The van der Waals surface area contributed by atoms with Crippen molar-refractivity contribution < 1.29 is 0 Å². The van der Waals surface area contributed by atoms with Gasteiger partial charge in [0.15, 0.2) is 0 Å². The third-order valence-electron chi connectivity index (χ3n) is 1.24. The van der Waals surface area contributed by atoms with Gasteiger partial charge in [0, 0.05) is 0 Å². The molecular formula is C15H27NS. The summed E-state index contributed by atoms with van der Waals surface area (Å²) in [6, 6.07) is 8.13. The first-order chi connectivity index (χ1) is 8.20. The highest BCUT2D eigenvalue weighted by Crippen LogP contribution is 2.15. The van der Waals surface area contributed by atoms with E-state index in [0.29, 0.717) is 0 Å². The van der Waals surface area contributed by atoms with E-state index in [0.717, 1.165) is 11.4 Å². The van der Waals surface area contributed by atoms with Crippen LogP contribution in [0.15, 0.2) is 29.8 Å². The highest BCUT2D eigenvalue weighted by molar-refractivity contribution is 7.16. The van der Waals surface area contributed by atoms with Crippen molar-refractivity contribution in [2.45, 2.75) is 48.5 Å². The van der Waals surface area contributed by atoms with E-state index in [1.54, 1.807) is 11.3 Å². The van der Waals surface area contributed by atoms with Gasteiger partial charge in [0.25, 0.3) is 0 Å². The number of aromatic nitrogens is 1. The van der Waals surface area contributed by atoms with Crippen molar-refractivity contribution in [2.24, 2.45) is 5.92 Å². The Balaban J connectivity index is 0. The first-order valence-corrected chi connectivity index (χ1v) is 7.36. The molecule has 0 N–H and O–H groups in total. The molecule has 17 heavy (non-hydrogen) atoms. The van der Waals surface area contributed by atoms with Gasteiger partial charge in [-0.25, -0.2) is 4.98 Å². The molecular weight excluding hydrogens is 226 g/mol. The predicted octanol–water partition coefficient (Wildman–Crippen LogP) is 6.01. The van der Waals surface area contributed by atoms with Crippen LogP contribution in [0.3, 0.4) is 0 Å². The molecule has 0 saturated carbocycles. The summed E-state index contributed by atoms with van der Waals surface area (Å²) in [5.41, 5.74) is 2.97. The summed E-state index contributed by atoms with van der Waals surface area (Å²) in [4.78, 5) is 4.14. The second kappa shape index (κ2) is 13.2. The molecule has 2 rings (SSSR count). The number of para-hydroxylation sites is 1. The van der Waals surface area contributed by atoms with E-state index in [1.165, 1.54) is 4.70 Å². The minimum absolute atomic E-state index is 0.833. The maximum Gasteiger partial charge on any atom is 0.0812 e. The van der Waals surface area contributed by atoms with Crippen molar-refractivity contribution in [1.82, 2.24) is 4.98 Å². The Bertz CT molecular complexity index is 319. The van der Waals surface area contributed by atoms with Gasteiger partial charge in [-0.1, -0.05) is 60.6 Å². The minimum atomic E-state index is 0.833. The summed E-state index contributed by atoms with van der Waals surface area (Å²) in [5.74, 6) is 0.833. The molecule has 98 valence electrons. The number of nitrogens with zero attached hydrogens (tertiary/aromatic N) is 1. The molecule has 0 amide bonds. The minimum Gasteiger partial charge on any atom is -0.245 e. The maximum absolute atomic E-state index is 4.14. The van der Waals surface area contributed by atoms with Crippen molar-refractivity contribution in [3.63, 3.8) is 0 Å². The van der Waals surface area contributed by atoms with E-state index in [9.17, 15) is 0 Å². The van der Waals surface area contributed by atoms with Crippen molar-refractivity contribution >= 4 is 21.6 Å². The second-order valence-electron chi connectivity index (χ2n) is 3.55. The topological polar surface area (TPSA) is 12.9 Å². The highest BCUT2D eigenvalue weighted by Gasteiger charge is 1.89. The lowest BCUT2D eigenvalue weighted by molar-refractivity contribution is 0.737. The molecule has 2 aromatic rings. The Morgan fingerprint density at radius 3 is 1.88 bits per heavy atom. The first-order valence-electron chi connectivity index (χ1n) is 6.48. The van der Waals surface area contributed by atoms with Crippen molar-refractivity contribution in [3.05, 3.63) is 29.8 Å². The molecule has 0 unspecified atom stereocenters. The van der Waals surface area contributed by atoms with E-state index in [2.05, 4.69) is 31.8 Å². The van der Waals surface area contributed by atoms with Crippen LogP contribution in [0.25, 0.3) is 10.2 Å². The van der Waals surface area contributed by atoms with E-state index < -0.39 is 0 Å². The van der Waals surface area contributed by atoms with Crippen LogP contribution < -0.4 is 0 Å². The largest absolute Gasteiger partial charge is 0.245 e. The van der Waals surface area contributed by atoms with Crippen LogP contribution in [0, 0.1) is 5.92 Å². The number of benzene rings is 1. The van der Waals surface area contributed by atoms with Crippen molar-refractivity contribution in [3.8, 4) is 0 Å². The average Bonchev–Trinajstić information content (AvgIpc) is 2.81. The summed E-state index contributed by atoms with van der Waals surface area (Å²) >= 11 is 1.68. The van der Waals surface area contributed by atoms with Gasteiger partial charge < -0.3 is 0 Å². The molecule has 0 radical (unpaired) electrons. The zero-order valence-corrected chi connectivity index (χ0v) is 13.1. The Morgan fingerprint density at radius 2 is 1.41 bits per heavy atom. The van der Waals surface area contributed by atoms with Crippen LogP contribution in [-0.4, -0.2) is 4.98 Å². The van der Waals surface area contributed by atoms with Gasteiger partial charge in [-0.2, -0.15) is 0 Å². The number of rotatable bonds is 0. The molecule has 0 aliphatic carbocycles. The molecule has 0 aliphatic heterocycles. The SMILES string of the molecule is CC.CC.CC(C)C.c1ccc2scnc2c1. The van der Waals surface area contributed by atoms with Crippen LogP contribution >= 0.6 is 11.3 Å². The fourth-order valence-corrected chi connectivity index (χ4v) is 1.48. The summed E-state index contributed by atoms with van der Waals surface area (Å²) < 4.78 is 1.26. The average molecular weight is 253 g/mol. The van der Waals surface area contributed by atoms with Gasteiger partial charge in [0.2, 0.25) is 0 Å². The zero-order valence-electron chi connectivity index (χ0n) is 12.3. The van der Waals surface area contributed by atoms with Gasteiger partial charge in [-0.05, 0) is 18.1 Å². The number of hydrogen-bond donors (Lipinski definition) is 0. The summed E-state index contributed by atoms with van der Waals surface area (Å²) in [7, 11) is 0. The smallest absolute Gasteiger partial charge is 0.0812 e. The fourth-order valence-electron chi connectivity index (χ4n) is 0.803. The molecule has 0 saturated heterocycles. The highest BCUT2D eigenvalue weighted by atomic mass is 32.1. The summed E-state index contributed by atoms with van der Waals surface area (Å²) in [6.07, 6.45) is 0. The van der Waals surface area contributed by atoms with Gasteiger partial charge in [-0.3, -0.25) is 0 Å². The fraction of sp³-hybridized carbons (Fsp3) is 0.533. The molecule has 1 heterocycles. The van der Waals surface area contributed by atoms with E-state index >= 15 is 0 Å². The lowest BCUT2D eigenvalue weighted by Gasteiger charge is -1.80. The van der Waals surface area contributed by atoms with Crippen molar-refractivity contribution in [2.75, 3.05) is 0 Å². The Kier molecular flexibility index (Phi) is 14.3. The molecule has 1 aromatic carbocycles. The monoisotopic (exact) mass is 253 g/mol. The zero-order chi connectivity index (χ0) is 13.7. The number of thiazole rings is 1. The van der Waals surface area contributed by atoms with Gasteiger partial charge in [0.1, 0.15) is 0 Å². The van der Waals surface area contributed by atoms with E-state index in [1.807, 2.05) is 51.4 Å². The summed E-state index contributed by atoms with van der Waals surface area (Å²) in [6.45, 7) is 14.5. The molecule has 0 fully saturated rings. The molecule has 1 aromatic heterocycles. The number of hydrogen-bond acceptors (Lipinski definition) is 2. The molecule has 0 spiro atoms. The number of fused-ring (bicyclic) bond motifs is 1. The second-order valence-corrected chi connectivity index (χ2v) is 4.44. The Hall–Kier alpha value is -0.890. The van der Waals surface area contributed by atoms with E-state index in [-0.39, 0.29) is 0 Å². The Labute approximate surface area is 111 Å². The molecule has 1 nitrogen and oxygen atoms in total. The van der Waals surface area contributed by atoms with Gasteiger partial charge >= 0.3 is 0 Å². The third-order valence-corrected chi connectivity index (χ3v) is 2.05. The molecule has 2 heteroatoms. The first kappa shape index (κ1) is 18.5. The Morgan fingerprint density at radius 1 is 0.941 bits per heavy atom. The predicted molar refractivity (Wildman–Crippen MR) is 82.8 cm³/mol. The van der Waals surface area contributed by atoms with Crippen LogP contribution in [0.1, 0.15) is 48.5 Å². The molecule has 0 aliphatic rings. The maximum atomic E-state index is 4.14.